The number of likely N-dealkylation sites (tertiary alicyclic amines) is 1. The number of anilines is 2. The SMILES string of the molecule is Cc1ccc(N)cc1NC(=O)[C@H](C)N1CCCCC1. The maximum Gasteiger partial charge on any atom is 0.241 e. The van der Waals surface area contributed by atoms with Gasteiger partial charge in [-0.2, -0.15) is 0 Å². The molecule has 19 heavy (non-hydrogen) atoms. The highest BCUT2D eigenvalue weighted by Crippen LogP contribution is 2.19. The summed E-state index contributed by atoms with van der Waals surface area (Å²) >= 11 is 0. The molecule has 0 bridgehead atoms. The van der Waals surface area contributed by atoms with Crippen molar-refractivity contribution in [2.75, 3.05) is 24.1 Å². The summed E-state index contributed by atoms with van der Waals surface area (Å²) in [5.41, 5.74) is 8.28. The van der Waals surface area contributed by atoms with Gasteiger partial charge in [-0.1, -0.05) is 12.5 Å². The zero-order valence-corrected chi connectivity index (χ0v) is 11.8. The van der Waals surface area contributed by atoms with Crippen molar-refractivity contribution in [3.63, 3.8) is 0 Å². The molecule has 4 heteroatoms. The highest BCUT2D eigenvalue weighted by atomic mass is 16.2. The fourth-order valence-corrected chi connectivity index (χ4v) is 2.48. The van der Waals surface area contributed by atoms with Crippen molar-refractivity contribution in [2.45, 2.75) is 39.2 Å². The van der Waals surface area contributed by atoms with Crippen LogP contribution < -0.4 is 11.1 Å². The first kappa shape index (κ1) is 13.9. The zero-order chi connectivity index (χ0) is 13.8. The minimum atomic E-state index is -0.0823. The van der Waals surface area contributed by atoms with Crippen molar-refractivity contribution in [1.82, 2.24) is 4.90 Å². The molecule has 1 heterocycles. The standard InChI is InChI=1S/C15H23N3O/c1-11-6-7-13(16)10-14(11)17-15(19)12(2)18-8-4-3-5-9-18/h6-7,10,12H,3-5,8-9,16H2,1-2H3,(H,17,19)/t12-/m0/s1. The molecule has 0 radical (unpaired) electrons. The molecular formula is C15H23N3O. The van der Waals surface area contributed by atoms with E-state index in [1.165, 1.54) is 19.3 Å². The Morgan fingerprint density at radius 1 is 1.32 bits per heavy atom. The first-order valence-electron chi connectivity index (χ1n) is 6.99. The van der Waals surface area contributed by atoms with Gasteiger partial charge in [0.05, 0.1) is 6.04 Å². The zero-order valence-electron chi connectivity index (χ0n) is 11.8. The summed E-state index contributed by atoms with van der Waals surface area (Å²) in [6, 6.07) is 5.51. The molecule has 1 aromatic carbocycles. The van der Waals surface area contributed by atoms with E-state index in [2.05, 4.69) is 10.2 Å². The molecule has 3 N–H and O–H groups in total. The topological polar surface area (TPSA) is 58.4 Å². The van der Waals surface area contributed by atoms with Crippen LogP contribution in [0.4, 0.5) is 11.4 Å². The first-order chi connectivity index (χ1) is 9.08. The number of nitrogen functional groups attached to an aromatic ring is 1. The molecule has 1 aromatic rings. The number of hydrogen-bond acceptors (Lipinski definition) is 3. The van der Waals surface area contributed by atoms with E-state index in [0.29, 0.717) is 5.69 Å². The molecule has 1 amide bonds. The van der Waals surface area contributed by atoms with Crippen LogP contribution in [0.25, 0.3) is 0 Å². The lowest BCUT2D eigenvalue weighted by molar-refractivity contribution is -0.121. The maximum atomic E-state index is 12.3. The average molecular weight is 261 g/mol. The Labute approximate surface area is 115 Å². The summed E-state index contributed by atoms with van der Waals surface area (Å²) in [6.07, 6.45) is 3.66. The number of nitrogens with two attached hydrogens (primary N) is 1. The van der Waals surface area contributed by atoms with Gasteiger partial charge in [-0.3, -0.25) is 9.69 Å². The number of rotatable bonds is 3. The second-order valence-electron chi connectivity index (χ2n) is 5.34. The van der Waals surface area contributed by atoms with E-state index in [1.54, 1.807) is 0 Å². The van der Waals surface area contributed by atoms with Crippen LogP contribution in [0.2, 0.25) is 0 Å². The first-order valence-corrected chi connectivity index (χ1v) is 6.99. The van der Waals surface area contributed by atoms with Crippen LogP contribution >= 0.6 is 0 Å². The van der Waals surface area contributed by atoms with Gasteiger partial charge < -0.3 is 11.1 Å². The van der Waals surface area contributed by atoms with Crippen molar-refractivity contribution in [3.05, 3.63) is 23.8 Å². The smallest absolute Gasteiger partial charge is 0.241 e. The van der Waals surface area contributed by atoms with Gasteiger partial charge in [0, 0.05) is 11.4 Å². The predicted octanol–water partition coefficient (Wildman–Crippen LogP) is 2.39. The fraction of sp³-hybridized carbons (Fsp3) is 0.533. The number of hydrogen-bond donors (Lipinski definition) is 2. The Kier molecular flexibility index (Phi) is 4.43. The second kappa shape index (κ2) is 6.06. The molecule has 1 saturated heterocycles. The lowest BCUT2D eigenvalue weighted by atomic mass is 10.1. The highest BCUT2D eigenvalue weighted by molar-refractivity contribution is 5.95. The van der Waals surface area contributed by atoms with E-state index in [-0.39, 0.29) is 11.9 Å². The molecule has 1 atom stereocenters. The van der Waals surface area contributed by atoms with Crippen molar-refractivity contribution >= 4 is 17.3 Å². The molecule has 0 aliphatic carbocycles. The van der Waals surface area contributed by atoms with Crippen molar-refractivity contribution in [3.8, 4) is 0 Å². The van der Waals surface area contributed by atoms with Gasteiger partial charge in [0.15, 0.2) is 0 Å². The molecule has 0 saturated carbocycles. The number of benzene rings is 1. The third-order valence-corrected chi connectivity index (χ3v) is 3.84. The summed E-state index contributed by atoms with van der Waals surface area (Å²) in [5, 5.41) is 2.99. The van der Waals surface area contributed by atoms with Crippen LogP contribution in [0, 0.1) is 6.92 Å². The Morgan fingerprint density at radius 3 is 2.68 bits per heavy atom. The van der Waals surface area contributed by atoms with Gasteiger partial charge in [-0.25, -0.2) is 0 Å². The molecule has 0 aromatic heterocycles. The molecule has 4 nitrogen and oxygen atoms in total. The number of nitrogens with one attached hydrogen (secondary N) is 1. The number of carbonyl (C=O) groups excluding carboxylic acids is 1. The van der Waals surface area contributed by atoms with Gasteiger partial charge in [0.2, 0.25) is 5.91 Å². The van der Waals surface area contributed by atoms with Crippen molar-refractivity contribution in [2.24, 2.45) is 0 Å². The van der Waals surface area contributed by atoms with Gasteiger partial charge in [-0.05, 0) is 57.5 Å². The van der Waals surface area contributed by atoms with Gasteiger partial charge in [0.25, 0.3) is 0 Å². The summed E-state index contributed by atoms with van der Waals surface area (Å²) in [7, 11) is 0. The van der Waals surface area contributed by atoms with Crippen molar-refractivity contribution < 1.29 is 4.79 Å². The van der Waals surface area contributed by atoms with Crippen LogP contribution in [0.15, 0.2) is 18.2 Å². The minimum absolute atomic E-state index is 0.0515. The average Bonchev–Trinajstić information content (AvgIpc) is 2.43. The molecule has 1 aliphatic rings. The number of amides is 1. The Morgan fingerprint density at radius 2 is 2.00 bits per heavy atom. The number of carbonyl (C=O) groups is 1. The van der Waals surface area contributed by atoms with Crippen molar-refractivity contribution in [1.29, 1.82) is 0 Å². The summed E-state index contributed by atoms with van der Waals surface area (Å²) in [5.74, 6) is 0.0515. The van der Waals surface area contributed by atoms with Crippen LogP contribution in [0.3, 0.4) is 0 Å². The third-order valence-electron chi connectivity index (χ3n) is 3.84. The van der Waals surface area contributed by atoms with Crippen LogP contribution in [-0.4, -0.2) is 29.9 Å². The molecule has 0 unspecified atom stereocenters. The van der Waals surface area contributed by atoms with Gasteiger partial charge in [-0.15, -0.1) is 0 Å². The lowest BCUT2D eigenvalue weighted by Crippen LogP contribution is -2.44. The van der Waals surface area contributed by atoms with E-state index in [4.69, 9.17) is 5.73 Å². The molecule has 0 spiro atoms. The molecule has 1 aliphatic heterocycles. The monoisotopic (exact) mass is 261 g/mol. The van der Waals surface area contributed by atoms with E-state index >= 15 is 0 Å². The van der Waals surface area contributed by atoms with E-state index in [0.717, 1.165) is 24.3 Å². The summed E-state index contributed by atoms with van der Waals surface area (Å²) in [6.45, 7) is 5.98. The largest absolute Gasteiger partial charge is 0.399 e. The van der Waals surface area contributed by atoms with Crippen LogP contribution in [-0.2, 0) is 4.79 Å². The highest BCUT2D eigenvalue weighted by Gasteiger charge is 2.23. The summed E-state index contributed by atoms with van der Waals surface area (Å²) in [4.78, 5) is 14.5. The van der Waals surface area contributed by atoms with E-state index in [9.17, 15) is 4.79 Å². The predicted molar refractivity (Wildman–Crippen MR) is 79.1 cm³/mol. The molecular weight excluding hydrogens is 238 g/mol. The second-order valence-corrected chi connectivity index (χ2v) is 5.34. The number of piperidine rings is 1. The molecule has 1 fully saturated rings. The van der Waals surface area contributed by atoms with Gasteiger partial charge >= 0.3 is 0 Å². The van der Waals surface area contributed by atoms with Crippen LogP contribution in [0.5, 0.6) is 0 Å². The third kappa shape index (κ3) is 3.47. The van der Waals surface area contributed by atoms with E-state index < -0.39 is 0 Å². The van der Waals surface area contributed by atoms with E-state index in [1.807, 2.05) is 32.0 Å². The lowest BCUT2D eigenvalue weighted by Gasteiger charge is -2.31. The Balaban J connectivity index is 2.01. The number of aryl methyl sites for hydroxylation is 1. The normalized spacial score (nSPS) is 18.0. The maximum absolute atomic E-state index is 12.3. The summed E-state index contributed by atoms with van der Waals surface area (Å²) < 4.78 is 0. The Bertz CT molecular complexity index is 453. The minimum Gasteiger partial charge on any atom is -0.399 e. The molecule has 104 valence electrons. The van der Waals surface area contributed by atoms with Crippen LogP contribution in [0.1, 0.15) is 31.7 Å². The fourth-order valence-electron chi connectivity index (χ4n) is 2.48. The number of nitrogens with zero attached hydrogens (tertiary/aromatic N) is 1. The van der Waals surface area contributed by atoms with Gasteiger partial charge in [0.1, 0.15) is 0 Å². The quantitative estimate of drug-likeness (QED) is 0.821. The Hall–Kier alpha value is -1.55. The molecule has 2 rings (SSSR count).